The van der Waals surface area contributed by atoms with E-state index in [0.29, 0.717) is 50.1 Å². The fourth-order valence-electron chi connectivity index (χ4n) is 6.06. The van der Waals surface area contributed by atoms with Gasteiger partial charge in [0.25, 0.3) is 5.91 Å². The molecule has 1 aliphatic carbocycles. The summed E-state index contributed by atoms with van der Waals surface area (Å²) in [5.74, 6) is 1.07. The first-order chi connectivity index (χ1) is 18.5. The van der Waals surface area contributed by atoms with Crippen molar-refractivity contribution in [2.75, 3.05) is 38.2 Å². The van der Waals surface area contributed by atoms with Crippen molar-refractivity contribution in [3.05, 3.63) is 41.4 Å². The highest BCUT2D eigenvalue weighted by Crippen LogP contribution is 2.30. The number of carbonyl (C=O) groups excluding carboxylic acids is 1. The number of hydrogen-bond donors (Lipinski definition) is 2. The monoisotopic (exact) mass is 527 g/mol. The molecule has 1 amide bonds. The lowest BCUT2D eigenvalue weighted by atomic mass is 9.87. The lowest BCUT2D eigenvalue weighted by Crippen LogP contribution is -2.52. The summed E-state index contributed by atoms with van der Waals surface area (Å²) in [6.45, 7) is 6.73. The van der Waals surface area contributed by atoms with Crippen molar-refractivity contribution in [1.82, 2.24) is 20.2 Å². The Hall–Kier alpha value is -2.36. The van der Waals surface area contributed by atoms with E-state index in [2.05, 4.69) is 45.8 Å². The molecule has 0 saturated carbocycles. The summed E-state index contributed by atoms with van der Waals surface area (Å²) < 4.78 is 25.8. The standard InChI is InChI=1S/C29H42FN5O3/c1-19-6-8-21(9-7-19)26-5-3-4-23(38-26)16-31-28-20(2)27(32-18-33-28)29(36)35-13-10-22(11-14-35)34-25-12-15-37-17-24(25)30/h6-8,18,21-26,34H,3-5,9-17H2,1-2H3,(H,31,32,33)/t21?,23-,24?,25?,26+/m1/s1. The predicted molar refractivity (Wildman–Crippen MR) is 145 cm³/mol. The van der Waals surface area contributed by atoms with Gasteiger partial charge in [-0.05, 0) is 58.8 Å². The molecule has 8 nitrogen and oxygen atoms in total. The van der Waals surface area contributed by atoms with Gasteiger partial charge in [0, 0.05) is 49.8 Å². The van der Waals surface area contributed by atoms with Crippen LogP contribution in [0.25, 0.3) is 0 Å². The van der Waals surface area contributed by atoms with Gasteiger partial charge in [0.05, 0.1) is 18.8 Å². The van der Waals surface area contributed by atoms with E-state index in [1.165, 1.54) is 11.9 Å². The summed E-state index contributed by atoms with van der Waals surface area (Å²) in [5.41, 5.74) is 2.54. The number of alkyl halides is 1. The third kappa shape index (κ3) is 6.61. The van der Waals surface area contributed by atoms with Crippen LogP contribution in [0.15, 0.2) is 30.1 Å². The second kappa shape index (κ2) is 12.7. The maximum atomic E-state index is 14.1. The number of nitrogens with zero attached hydrogens (tertiary/aromatic N) is 3. The van der Waals surface area contributed by atoms with Gasteiger partial charge in [-0.15, -0.1) is 0 Å². The number of nitrogens with one attached hydrogen (secondary N) is 2. The Morgan fingerprint density at radius 3 is 2.76 bits per heavy atom. The second-order valence-electron chi connectivity index (χ2n) is 11.2. The van der Waals surface area contributed by atoms with Gasteiger partial charge in [0.2, 0.25) is 0 Å². The fourth-order valence-corrected chi connectivity index (χ4v) is 6.06. The number of halogens is 1. The van der Waals surface area contributed by atoms with Crippen molar-refractivity contribution in [2.45, 2.75) is 89.3 Å². The topological polar surface area (TPSA) is 88.6 Å². The van der Waals surface area contributed by atoms with Crippen LogP contribution in [-0.2, 0) is 9.47 Å². The summed E-state index contributed by atoms with van der Waals surface area (Å²) in [6, 6.07) is 0.0601. The highest BCUT2D eigenvalue weighted by Gasteiger charge is 2.32. The molecule has 3 fully saturated rings. The number of aromatic nitrogens is 2. The average molecular weight is 528 g/mol. The van der Waals surface area contributed by atoms with Crippen LogP contribution in [0.3, 0.4) is 0 Å². The molecule has 38 heavy (non-hydrogen) atoms. The molecule has 5 atom stereocenters. The molecule has 0 bridgehead atoms. The predicted octanol–water partition coefficient (Wildman–Crippen LogP) is 3.98. The molecular formula is C29H42FN5O3. The maximum absolute atomic E-state index is 14.1. The smallest absolute Gasteiger partial charge is 0.272 e. The summed E-state index contributed by atoms with van der Waals surface area (Å²) in [5, 5.41) is 6.89. The molecule has 1 aromatic rings. The molecule has 4 heterocycles. The molecule has 3 saturated heterocycles. The first-order valence-electron chi connectivity index (χ1n) is 14.3. The van der Waals surface area contributed by atoms with Crippen LogP contribution in [0.1, 0.15) is 67.9 Å². The van der Waals surface area contributed by atoms with E-state index >= 15 is 0 Å². The Labute approximate surface area is 225 Å². The number of anilines is 1. The Bertz CT molecular complexity index is 1030. The third-order valence-electron chi connectivity index (χ3n) is 8.48. The van der Waals surface area contributed by atoms with Crippen LogP contribution >= 0.6 is 0 Å². The minimum atomic E-state index is -0.964. The first kappa shape index (κ1) is 27.2. The van der Waals surface area contributed by atoms with E-state index in [9.17, 15) is 9.18 Å². The number of hydrogen-bond acceptors (Lipinski definition) is 7. The average Bonchev–Trinajstić information content (AvgIpc) is 2.94. The highest BCUT2D eigenvalue weighted by atomic mass is 19.1. The highest BCUT2D eigenvalue weighted by molar-refractivity contribution is 5.94. The lowest BCUT2D eigenvalue weighted by Gasteiger charge is -2.36. The van der Waals surface area contributed by atoms with E-state index in [4.69, 9.17) is 9.47 Å². The SMILES string of the molecule is CC1=CCC([C@@H]2CCC[C@H](CNc3ncnc(C(=O)N4CCC(NC5CCOCC5F)CC4)c3C)O2)C=C1. The van der Waals surface area contributed by atoms with Gasteiger partial charge in [-0.2, -0.15) is 0 Å². The van der Waals surface area contributed by atoms with Crippen molar-refractivity contribution in [1.29, 1.82) is 0 Å². The molecule has 0 aromatic carbocycles. The number of piperidine rings is 1. The lowest BCUT2D eigenvalue weighted by molar-refractivity contribution is -0.0615. The van der Waals surface area contributed by atoms with Gasteiger partial charge in [0.1, 0.15) is 24.0 Å². The Kier molecular flexibility index (Phi) is 9.07. The number of amides is 1. The number of allylic oxidation sites excluding steroid dienone is 3. The van der Waals surface area contributed by atoms with Crippen LogP contribution in [0.5, 0.6) is 0 Å². The minimum Gasteiger partial charge on any atom is -0.378 e. The summed E-state index contributed by atoms with van der Waals surface area (Å²) in [4.78, 5) is 24.0. The van der Waals surface area contributed by atoms with E-state index in [0.717, 1.165) is 44.1 Å². The Balaban J connectivity index is 1.12. The van der Waals surface area contributed by atoms with E-state index in [1.807, 2.05) is 11.8 Å². The van der Waals surface area contributed by atoms with E-state index in [1.54, 1.807) is 0 Å². The van der Waals surface area contributed by atoms with Crippen LogP contribution in [-0.4, -0.2) is 84.1 Å². The largest absolute Gasteiger partial charge is 0.378 e. The second-order valence-corrected chi connectivity index (χ2v) is 11.2. The van der Waals surface area contributed by atoms with Gasteiger partial charge in [-0.1, -0.05) is 23.8 Å². The fraction of sp³-hybridized carbons (Fsp3) is 0.690. The van der Waals surface area contributed by atoms with Gasteiger partial charge >= 0.3 is 0 Å². The third-order valence-corrected chi connectivity index (χ3v) is 8.48. The van der Waals surface area contributed by atoms with E-state index in [-0.39, 0.29) is 36.8 Å². The molecule has 3 unspecified atom stereocenters. The Morgan fingerprint density at radius 1 is 1.16 bits per heavy atom. The molecule has 5 rings (SSSR count). The number of rotatable bonds is 7. The number of ether oxygens (including phenoxy) is 2. The molecule has 0 spiro atoms. The summed E-state index contributed by atoms with van der Waals surface area (Å²) in [6.07, 6.45) is 14.3. The first-order valence-corrected chi connectivity index (χ1v) is 14.3. The summed E-state index contributed by atoms with van der Waals surface area (Å²) in [7, 11) is 0. The zero-order chi connectivity index (χ0) is 26.5. The molecule has 208 valence electrons. The van der Waals surface area contributed by atoms with Gasteiger partial charge in [0.15, 0.2) is 0 Å². The van der Waals surface area contributed by atoms with Crippen molar-refractivity contribution in [2.24, 2.45) is 5.92 Å². The minimum absolute atomic E-state index is 0.0674. The van der Waals surface area contributed by atoms with Crippen LogP contribution in [0, 0.1) is 12.8 Å². The van der Waals surface area contributed by atoms with Gasteiger partial charge in [-0.3, -0.25) is 4.79 Å². The van der Waals surface area contributed by atoms with Crippen molar-refractivity contribution in [3.8, 4) is 0 Å². The quantitative estimate of drug-likeness (QED) is 0.555. The molecule has 3 aliphatic heterocycles. The summed E-state index contributed by atoms with van der Waals surface area (Å²) >= 11 is 0. The van der Waals surface area contributed by atoms with Crippen molar-refractivity contribution >= 4 is 11.7 Å². The van der Waals surface area contributed by atoms with Crippen LogP contribution in [0.2, 0.25) is 0 Å². The van der Waals surface area contributed by atoms with Gasteiger partial charge < -0.3 is 25.0 Å². The van der Waals surface area contributed by atoms with Crippen LogP contribution < -0.4 is 10.6 Å². The number of likely N-dealkylation sites (tertiary alicyclic amines) is 1. The molecule has 4 aliphatic rings. The van der Waals surface area contributed by atoms with Gasteiger partial charge in [-0.25, -0.2) is 14.4 Å². The molecule has 2 N–H and O–H groups in total. The van der Waals surface area contributed by atoms with Crippen LogP contribution in [0.4, 0.5) is 10.2 Å². The van der Waals surface area contributed by atoms with E-state index < -0.39 is 6.17 Å². The molecule has 9 heteroatoms. The normalized spacial score (nSPS) is 30.7. The Morgan fingerprint density at radius 2 is 2.00 bits per heavy atom. The maximum Gasteiger partial charge on any atom is 0.272 e. The molecular weight excluding hydrogens is 485 g/mol. The number of carbonyl (C=O) groups is 1. The zero-order valence-electron chi connectivity index (χ0n) is 22.7. The molecule has 1 aromatic heterocycles. The van der Waals surface area contributed by atoms with Crippen molar-refractivity contribution in [3.63, 3.8) is 0 Å². The zero-order valence-corrected chi connectivity index (χ0v) is 22.7. The van der Waals surface area contributed by atoms with Crippen molar-refractivity contribution < 1.29 is 18.7 Å². The molecule has 0 radical (unpaired) electrons.